The molecule has 0 bridgehead atoms. The van der Waals surface area contributed by atoms with Gasteiger partial charge in [-0.05, 0) is 43.0 Å². The van der Waals surface area contributed by atoms with Crippen LogP contribution in [0.2, 0.25) is 5.02 Å². The van der Waals surface area contributed by atoms with Crippen LogP contribution in [0.1, 0.15) is 34.3 Å². The summed E-state index contributed by atoms with van der Waals surface area (Å²) in [6, 6.07) is 15.0. The summed E-state index contributed by atoms with van der Waals surface area (Å²) in [6.45, 7) is 0. The number of benzene rings is 2. The lowest BCUT2D eigenvalue weighted by atomic mass is 9.90. The third-order valence-corrected chi connectivity index (χ3v) is 3.80. The van der Waals surface area contributed by atoms with Gasteiger partial charge in [0.2, 0.25) is 0 Å². The molecule has 1 aliphatic rings. The Morgan fingerprint density at radius 3 is 2.81 bits per heavy atom. The van der Waals surface area contributed by atoms with Gasteiger partial charge in [0.1, 0.15) is 0 Å². The fourth-order valence-corrected chi connectivity index (χ4v) is 2.72. The second-order valence-electron chi connectivity index (χ2n) is 5.02. The van der Waals surface area contributed by atoms with Crippen molar-refractivity contribution < 1.29 is 4.79 Å². The zero-order chi connectivity index (χ0) is 14.7. The van der Waals surface area contributed by atoms with Crippen molar-refractivity contribution in [1.29, 1.82) is 0 Å². The summed E-state index contributed by atoms with van der Waals surface area (Å²) in [5.74, 6) is -0.243. The van der Waals surface area contributed by atoms with E-state index >= 15 is 0 Å². The standard InChI is InChI=1S/C17H15ClN2O/c18-14-8-3-7-13(11-14)17(21)20-19-16-10-4-6-12-5-1-2-9-15(12)16/h1-3,5,7-9,11H,4,6,10H2,(H,20,21)/b19-16-. The molecule has 0 saturated heterocycles. The normalized spacial score (nSPS) is 15.6. The number of hydrogen-bond acceptors (Lipinski definition) is 2. The van der Waals surface area contributed by atoms with Gasteiger partial charge in [-0.25, -0.2) is 5.43 Å². The van der Waals surface area contributed by atoms with Gasteiger partial charge in [-0.1, -0.05) is 41.9 Å². The van der Waals surface area contributed by atoms with Gasteiger partial charge in [0.05, 0.1) is 5.71 Å². The Hall–Kier alpha value is -2.13. The molecule has 1 aliphatic carbocycles. The number of aryl methyl sites for hydroxylation is 1. The lowest BCUT2D eigenvalue weighted by Gasteiger charge is -2.17. The predicted molar refractivity (Wildman–Crippen MR) is 84.8 cm³/mol. The fraction of sp³-hybridized carbons (Fsp3) is 0.176. The van der Waals surface area contributed by atoms with Crippen molar-refractivity contribution in [3.05, 3.63) is 70.2 Å². The minimum absolute atomic E-state index is 0.243. The first-order chi connectivity index (χ1) is 10.2. The van der Waals surface area contributed by atoms with Crippen molar-refractivity contribution in [2.24, 2.45) is 5.10 Å². The molecule has 0 aromatic heterocycles. The molecule has 0 fully saturated rings. The van der Waals surface area contributed by atoms with E-state index < -0.39 is 0 Å². The molecule has 3 rings (SSSR count). The molecule has 1 N–H and O–H groups in total. The first-order valence-corrected chi connectivity index (χ1v) is 7.32. The first-order valence-electron chi connectivity index (χ1n) is 6.95. The van der Waals surface area contributed by atoms with Gasteiger partial charge in [-0.3, -0.25) is 4.79 Å². The minimum atomic E-state index is -0.243. The third-order valence-electron chi connectivity index (χ3n) is 3.57. The molecule has 3 nitrogen and oxygen atoms in total. The van der Waals surface area contributed by atoms with Gasteiger partial charge in [0.25, 0.3) is 5.91 Å². The van der Waals surface area contributed by atoms with E-state index in [4.69, 9.17) is 11.6 Å². The maximum atomic E-state index is 12.1. The molecular formula is C17H15ClN2O. The zero-order valence-electron chi connectivity index (χ0n) is 11.5. The second-order valence-corrected chi connectivity index (χ2v) is 5.46. The van der Waals surface area contributed by atoms with E-state index in [0.717, 1.165) is 30.5 Å². The molecule has 0 heterocycles. The van der Waals surface area contributed by atoms with Crippen LogP contribution >= 0.6 is 11.6 Å². The van der Waals surface area contributed by atoms with Crippen LogP contribution in [-0.2, 0) is 6.42 Å². The van der Waals surface area contributed by atoms with Crippen molar-refractivity contribution in [2.45, 2.75) is 19.3 Å². The Morgan fingerprint density at radius 1 is 1.10 bits per heavy atom. The summed E-state index contributed by atoms with van der Waals surface area (Å²) >= 11 is 5.89. The Balaban J connectivity index is 1.79. The molecule has 2 aromatic carbocycles. The molecule has 0 saturated carbocycles. The smallest absolute Gasteiger partial charge is 0.267 e. The number of halogens is 1. The van der Waals surface area contributed by atoms with Crippen LogP contribution in [0.3, 0.4) is 0 Å². The average Bonchev–Trinajstić information content (AvgIpc) is 2.52. The van der Waals surface area contributed by atoms with Gasteiger partial charge in [0.15, 0.2) is 0 Å². The summed E-state index contributed by atoms with van der Waals surface area (Å²) in [4.78, 5) is 12.1. The monoisotopic (exact) mass is 298 g/mol. The van der Waals surface area contributed by atoms with Crippen LogP contribution in [0.25, 0.3) is 0 Å². The maximum Gasteiger partial charge on any atom is 0.271 e. The highest BCUT2D eigenvalue weighted by atomic mass is 35.5. The third kappa shape index (κ3) is 3.14. The van der Waals surface area contributed by atoms with Crippen molar-refractivity contribution in [2.75, 3.05) is 0 Å². The summed E-state index contributed by atoms with van der Waals surface area (Å²) in [5, 5.41) is 4.84. The Labute approximate surface area is 128 Å². The summed E-state index contributed by atoms with van der Waals surface area (Å²) < 4.78 is 0. The zero-order valence-corrected chi connectivity index (χ0v) is 12.2. The fourth-order valence-electron chi connectivity index (χ4n) is 2.53. The van der Waals surface area contributed by atoms with E-state index in [-0.39, 0.29) is 5.91 Å². The number of carbonyl (C=O) groups excluding carboxylic acids is 1. The second kappa shape index (κ2) is 6.10. The molecule has 2 aromatic rings. The number of hydrogen-bond donors (Lipinski definition) is 1. The molecule has 0 atom stereocenters. The number of carbonyl (C=O) groups is 1. The quantitative estimate of drug-likeness (QED) is 0.842. The summed E-state index contributed by atoms with van der Waals surface area (Å²) in [7, 11) is 0. The summed E-state index contributed by atoms with van der Waals surface area (Å²) in [6.07, 6.45) is 3.01. The molecule has 0 unspecified atom stereocenters. The van der Waals surface area contributed by atoms with Gasteiger partial charge in [-0.2, -0.15) is 5.10 Å². The van der Waals surface area contributed by atoms with Crippen LogP contribution in [-0.4, -0.2) is 11.6 Å². The Bertz CT molecular complexity index is 709. The van der Waals surface area contributed by atoms with Crippen LogP contribution in [0, 0.1) is 0 Å². The van der Waals surface area contributed by atoms with Crippen LogP contribution in [0.5, 0.6) is 0 Å². The highest BCUT2D eigenvalue weighted by Gasteiger charge is 2.15. The Kier molecular flexibility index (Phi) is 4.02. The highest BCUT2D eigenvalue weighted by Crippen LogP contribution is 2.21. The van der Waals surface area contributed by atoms with E-state index in [0.29, 0.717) is 10.6 Å². The lowest BCUT2D eigenvalue weighted by molar-refractivity contribution is 0.0954. The topological polar surface area (TPSA) is 41.5 Å². The first kappa shape index (κ1) is 13.8. The van der Waals surface area contributed by atoms with Gasteiger partial charge >= 0.3 is 0 Å². The van der Waals surface area contributed by atoms with E-state index in [1.54, 1.807) is 24.3 Å². The van der Waals surface area contributed by atoms with Crippen LogP contribution in [0.15, 0.2) is 53.6 Å². The van der Waals surface area contributed by atoms with E-state index in [1.807, 2.05) is 12.1 Å². The van der Waals surface area contributed by atoms with Gasteiger partial charge < -0.3 is 0 Å². The lowest BCUT2D eigenvalue weighted by Crippen LogP contribution is -2.22. The molecule has 1 amide bonds. The average molecular weight is 299 g/mol. The van der Waals surface area contributed by atoms with Crippen molar-refractivity contribution in [3.8, 4) is 0 Å². The molecular weight excluding hydrogens is 284 g/mol. The van der Waals surface area contributed by atoms with Crippen molar-refractivity contribution in [3.63, 3.8) is 0 Å². The predicted octanol–water partition coefficient (Wildman–Crippen LogP) is 3.81. The number of hydrazone groups is 1. The van der Waals surface area contributed by atoms with E-state index in [1.165, 1.54) is 5.56 Å². The number of rotatable bonds is 2. The summed E-state index contributed by atoms with van der Waals surface area (Å²) in [5.41, 5.74) is 6.50. The molecule has 0 spiro atoms. The molecule has 0 aliphatic heterocycles. The van der Waals surface area contributed by atoms with E-state index in [9.17, 15) is 4.79 Å². The highest BCUT2D eigenvalue weighted by molar-refractivity contribution is 6.30. The molecule has 21 heavy (non-hydrogen) atoms. The maximum absolute atomic E-state index is 12.1. The number of nitrogens with one attached hydrogen (secondary N) is 1. The van der Waals surface area contributed by atoms with Crippen LogP contribution in [0.4, 0.5) is 0 Å². The Morgan fingerprint density at radius 2 is 1.95 bits per heavy atom. The molecule has 0 radical (unpaired) electrons. The number of nitrogens with zero attached hydrogens (tertiary/aromatic N) is 1. The van der Waals surface area contributed by atoms with E-state index in [2.05, 4.69) is 22.7 Å². The van der Waals surface area contributed by atoms with Gasteiger partial charge in [-0.15, -0.1) is 0 Å². The number of fused-ring (bicyclic) bond motifs is 1. The van der Waals surface area contributed by atoms with Gasteiger partial charge in [0, 0.05) is 16.1 Å². The molecule has 106 valence electrons. The number of amides is 1. The SMILES string of the molecule is O=C(N/N=C1/CCCc2ccccc21)c1cccc(Cl)c1. The minimum Gasteiger partial charge on any atom is -0.267 e. The van der Waals surface area contributed by atoms with Crippen LogP contribution < -0.4 is 5.43 Å². The van der Waals surface area contributed by atoms with Crippen molar-refractivity contribution in [1.82, 2.24) is 5.43 Å². The van der Waals surface area contributed by atoms with Crippen molar-refractivity contribution >= 4 is 23.2 Å². The molecule has 4 heteroatoms. The largest absolute Gasteiger partial charge is 0.271 e.